The maximum absolute atomic E-state index is 13.5. The van der Waals surface area contributed by atoms with Crippen LogP contribution in [0.3, 0.4) is 0 Å². The summed E-state index contributed by atoms with van der Waals surface area (Å²) in [4.78, 5) is 2.12. The van der Waals surface area contributed by atoms with E-state index in [1.165, 1.54) is 12.1 Å². The molecule has 0 aliphatic carbocycles. The predicted molar refractivity (Wildman–Crippen MR) is 133 cm³/mol. The topological polar surface area (TPSA) is 63.7 Å². The molecule has 0 spiro atoms. The lowest BCUT2D eigenvalue weighted by Gasteiger charge is -2.24. The van der Waals surface area contributed by atoms with E-state index in [0.29, 0.717) is 37.7 Å². The van der Waals surface area contributed by atoms with Gasteiger partial charge in [-0.1, -0.05) is 36.4 Å². The maximum Gasteiger partial charge on any atom is 0.222 e. The van der Waals surface area contributed by atoms with Crippen LogP contribution < -0.4 is 4.74 Å². The number of aliphatic hydroxyl groups excluding tert-OH is 1. The minimum Gasteiger partial charge on any atom is -0.468 e. The molecule has 1 atom stereocenters. The smallest absolute Gasteiger partial charge is 0.222 e. The third-order valence-electron chi connectivity index (χ3n) is 5.68. The third-order valence-corrected chi connectivity index (χ3v) is 5.68. The molecule has 35 heavy (non-hydrogen) atoms. The monoisotopic (exact) mass is 475 g/mol. The van der Waals surface area contributed by atoms with E-state index >= 15 is 0 Å². The second-order valence-electron chi connectivity index (χ2n) is 8.45. The van der Waals surface area contributed by atoms with Gasteiger partial charge in [-0.3, -0.25) is 4.90 Å². The van der Waals surface area contributed by atoms with E-state index in [4.69, 9.17) is 14.3 Å². The highest BCUT2D eigenvalue weighted by Crippen LogP contribution is 2.34. The maximum atomic E-state index is 13.5. The summed E-state index contributed by atoms with van der Waals surface area (Å²) < 4.78 is 27.0. The molecule has 2 aromatic heterocycles. The summed E-state index contributed by atoms with van der Waals surface area (Å²) in [5.74, 6) is 1.54. The molecule has 182 valence electrons. The number of nitrogens with zero attached hydrogens (tertiary/aromatic N) is 3. The Hall–Kier alpha value is -3.68. The molecule has 0 saturated heterocycles. The lowest BCUT2D eigenvalue weighted by atomic mass is 10.1. The zero-order valence-electron chi connectivity index (χ0n) is 19.8. The van der Waals surface area contributed by atoms with Gasteiger partial charge in [0.1, 0.15) is 23.0 Å². The number of aryl methyl sites for hydroxylation is 1. The molecule has 1 N–H and O–H groups in total. The lowest BCUT2D eigenvalue weighted by molar-refractivity contribution is 0.0941. The van der Waals surface area contributed by atoms with E-state index in [1.54, 1.807) is 23.1 Å². The zero-order chi connectivity index (χ0) is 24.6. The zero-order valence-corrected chi connectivity index (χ0v) is 19.8. The fraction of sp³-hybridized carbons (Fsp3) is 0.250. The summed E-state index contributed by atoms with van der Waals surface area (Å²) in [5, 5.41) is 15.4. The molecule has 0 saturated carbocycles. The SMILES string of the molecule is C=CCCC(O)CN(Cc1ccco1)Cc1c(-c2ccccc2)nn(C)c1Oc1ccc(F)cc1. The molecule has 0 amide bonds. The van der Waals surface area contributed by atoms with E-state index in [1.807, 2.05) is 55.6 Å². The highest BCUT2D eigenvalue weighted by molar-refractivity contribution is 5.65. The molecular weight excluding hydrogens is 445 g/mol. The second kappa shape index (κ2) is 11.6. The van der Waals surface area contributed by atoms with E-state index in [2.05, 4.69) is 11.5 Å². The van der Waals surface area contributed by atoms with Crippen molar-refractivity contribution < 1.29 is 18.7 Å². The fourth-order valence-corrected chi connectivity index (χ4v) is 4.00. The Morgan fingerprint density at radius 2 is 1.89 bits per heavy atom. The molecule has 2 aromatic carbocycles. The number of rotatable bonds is 12. The van der Waals surface area contributed by atoms with Crippen LogP contribution in [0.5, 0.6) is 11.6 Å². The van der Waals surface area contributed by atoms with Crippen LogP contribution in [-0.4, -0.2) is 32.4 Å². The van der Waals surface area contributed by atoms with Gasteiger partial charge in [0.15, 0.2) is 0 Å². The van der Waals surface area contributed by atoms with Crippen molar-refractivity contribution in [2.75, 3.05) is 6.54 Å². The average molecular weight is 476 g/mol. The van der Waals surface area contributed by atoms with E-state index in [9.17, 15) is 9.50 Å². The van der Waals surface area contributed by atoms with E-state index in [0.717, 1.165) is 29.0 Å². The fourth-order valence-electron chi connectivity index (χ4n) is 4.00. The quantitative estimate of drug-likeness (QED) is 0.257. The molecule has 0 bridgehead atoms. The number of aliphatic hydroxyl groups is 1. The van der Waals surface area contributed by atoms with Gasteiger partial charge in [0.2, 0.25) is 5.88 Å². The van der Waals surface area contributed by atoms with Crippen molar-refractivity contribution in [2.24, 2.45) is 7.05 Å². The van der Waals surface area contributed by atoms with Crippen LogP contribution in [0, 0.1) is 5.82 Å². The number of furan rings is 1. The molecule has 1 unspecified atom stereocenters. The van der Waals surface area contributed by atoms with Crippen LogP contribution in [0.15, 0.2) is 90.1 Å². The largest absolute Gasteiger partial charge is 0.468 e. The van der Waals surface area contributed by atoms with Crippen molar-refractivity contribution >= 4 is 0 Å². The number of allylic oxidation sites excluding steroid dienone is 1. The van der Waals surface area contributed by atoms with Crippen LogP contribution in [0.4, 0.5) is 4.39 Å². The first-order valence-electron chi connectivity index (χ1n) is 11.6. The summed E-state index contributed by atoms with van der Waals surface area (Å²) >= 11 is 0. The van der Waals surface area contributed by atoms with Crippen LogP contribution in [0.2, 0.25) is 0 Å². The van der Waals surface area contributed by atoms with Gasteiger partial charge in [0.05, 0.1) is 24.5 Å². The van der Waals surface area contributed by atoms with Crippen molar-refractivity contribution in [3.05, 3.63) is 103 Å². The number of benzene rings is 2. The molecule has 7 heteroatoms. The van der Waals surface area contributed by atoms with E-state index in [-0.39, 0.29) is 5.82 Å². The Morgan fingerprint density at radius 3 is 2.57 bits per heavy atom. The van der Waals surface area contributed by atoms with Crippen molar-refractivity contribution in [1.82, 2.24) is 14.7 Å². The first kappa shape index (κ1) is 24.4. The van der Waals surface area contributed by atoms with Crippen molar-refractivity contribution in [2.45, 2.75) is 32.0 Å². The van der Waals surface area contributed by atoms with Crippen LogP contribution in [-0.2, 0) is 20.1 Å². The van der Waals surface area contributed by atoms with Gasteiger partial charge >= 0.3 is 0 Å². The molecule has 2 heterocycles. The van der Waals surface area contributed by atoms with Gasteiger partial charge < -0.3 is 14.3 Å². The molecule has 0 aliphatic heterocycles. The number of hydrogen-bond acceptors (Lipinski definition) is 5. The number of hydrogen-bond donors (Lipinski definition) is 1. The highest BCUT2D eigenvalue weighted by Gasteiger charge is 2.24. The second-order valence-corrected chi connectivity index (χ2v) is 8.45. The van der Waals surface area contributed by atoms with Crippen LogP contribution in [0.25, 0.3) is 11.3 Å². The average Bonchev–Trinajstić information content (AvgIpc) is 3.48. The predicted octanol–water partition coefficient (Wildman–Crippen LogP) is 5.94. The van der Waals surface area contributed by atoms with Gasteiger partial charge in [-0.25, -0.2) is 9.07 Å². The summed E-state index contributed by atoms with van der Waals surface area (Å²) in [6.07, 6.45) is 4.28. The third kappa shape index (κ3) is 6.47. The normalized spacial score (nSPS) is 12.1. The van der Waals surface area contributed by atoms with Crippen molar-refractivity contribution in [1.29, 1.82) is 0 Å². The Kier molecular flexibility index (Phi) is 8.13. The Morgan fingerprint density at radius 1 is 1.11 bits per heavy atom. The first-order chi connectivity index (χ1) is 17.0. The summed E-state index contributed by atoms with van der Waals surface area (Å²) in [6.45, 7) is 5.16. The van der Waals surface area contributed by atoms with Crippen molar-refractivity contribution in [3.63, 3.8) is 0 Å². The van der Waals surface area contributed by atoms with Gasteiger partial charge in [-0.15, -0.1) is 6.58 Å². The molecule has 4 rings (SSSR count). The standard InChI is InChI=1S/C28H30FN3O3/c1-3-4-11-23(33)18-32(19-25-12-8-17-34-25)20-26-27(21-9-6-5-7-10-21)30-31(2)28(26)35-24-15-13-22(29)14-16-24/h3,5-10,12-17,23,33H,1,4,11,18-20H2,2H3. The molecular formula is C28H30FN3O3. The van der Waals surface area contributed by atoms with Crippen molar-refractivity contribution in [3.8, 4) is 22.9 Å². The minimum absolute atomic E-state index is 0.328. The molecule has 0 radical (unpaired) electrons. The summed E-state index contributed by atoms with van der Waals surface area (Å²) in [6, 6.07) is 19.6. The molecule has 6 nitrogen and oxygen atoms in total. The number of aromatic nitrogens is 2. The van der Waals surface area contributed by atoms with Gasteiger partial charge in [0.25, 0.3) is 0 Å². The van der Waals surface area contributed by atoms with Crippen LogP contribution in [0.1, 0.15) is 24.2 Å². The number of ether oxygens (including phenoxy) is 1. The Balaban J connectivity index is 1.70. The first-order valence-corrected chi connectivity index (χ1v) is 11.6. The summed E-state index contributed by atoms with van der Waals surface area (Å²) in [7, 11) is 1.82. The van der Waals surface area contributed by atoms with Gasteiger partial charge in [-0.05, 0) is 49.2 Å². The van der Waals surface area contributed by atoms with E-state index < -0.39 is 6.10 Å². The summed E-state index contributed by atoms with van der Waals surface area (Å²) in [5.41, 5.74) is 2.61. The minimum atomic E-state index is -0.527. The Bertz CT molecular complexity index is 1200. The van der Waals surface area contributed by atoms with Gasteiger partial charge in [-0.2, -0.15) is 5.10 Å². The molecule has 0 aliphatic rings. The lowest BCUT2D eigenvalue weighted by Crippen LogP contribution is -2.31. The number of halogens is 1. The molecule has 0 fully saturated rings. The van der Waals surface area contributed by atoms with Crippen LogP contribution >= 0.6 is 0 Å². The molecule has 4 aromatic rings. The Labute approximate surface area is 204 Å². The highest BCUT2D eigenvalue weighted by atomic mass is 19.1. The van der Waals surface area contributed by atoms with Gasteiger partial charge in [0, 0.05) is 25.7 Å².